The highest BCUT2D eigenvalue weighted by Crippen LogP contribution is 2.37. The van der Waals surface area contributed by atoms with Crippen LogP contribution in [-0.4, -0.2) is 48.6 Å². The van der Waals surface area contributed by atoms with Gasteiger partial charge in [0.2, 0.25) is 11.8 Å². The minimum absolute atomic E-state index is 0.0180. The Morgan fingerprint density at radius 3 is 2.58 bits per heavy atom. The largest absolute Gasteiger partial charge is 0.380 e. The predicted octanol–water partition coefficient (Wildman–Crippen LogP) is 0.929. The first-order chi connectivity index (χ1) is 9.19. The Morgan fingerprint density at radius 1 is 1.26 bits per heavy atom. The molecule has 0 aromatic rings. The normalized spacial score (nSPS) is 27.6. The second kappa shape index (κ2) is 6.37. The molecule has 2 fully saturated rings. The summed E-state index contributed by atoms with van der Waals surface area (Å²) in [5.41, 5.74) is 0. The Hall–Kier alpha value is -1.10. The first-order valence-electron chi connectivity index (χ1n) is 7.37. The average Bonchev–Trinajstić information content (AvgIpc) is 3.22. The maximum Gasteiger partial charge on any atom is 0.245 e. The van der Waals surface area contributed by atoms with Crippen molar-refractivity contribution in [3.05, 3.63) is 0 Å². The number of amides is 2. The summed E-state index contributed by atoms with van der Waals surface area (Å²) in [6.45, 7) is 5.74. The van der Waals surface area contributed by atoms with Crippen molar-refractivity contribution in [2.45, 2.75) is 51.6 Å². The van der Waals surface area contributed by atoms with Gasteiger partial charge in [-0.05, 0) is 31.6 Å². The third-order valence-corrected chi connectivity index (χ3v) is 3.80. The number of nitrogens with one attached hydrogen (secondary N) is 1. The molecule has 1 heterocycles. The van der Waals surface area contributed by atoms with Gasteiger partial charge in [0.05, 0.1) is 6.61 Å². The molecule has 108 valence electrons. The van der Waals surface area contributed by atoms with Crippen molar-refractivity contribution in [1.29, 1.82) is 0 Å². The molecule has 0 bridgehead atoms. The van der Waals surface area contributed by atoms with Gasteiger partial charge in [0.15, 0.2) is 0 Å². The van der Waals surface area contributed by atoms with E-state index in [9.17, 15) is 9.59 Å². The lowest BCUT2D eigenvalue weighted by Gasteiger charge is -2.39. The van der Waals surface area contributed by atoms with Crippen molar-refractivity contribution in [2.75, 3.05) is 19.8 Å². The second-order valence-corrected chi connectivity index (χ2v) is 5.40. The van der Waals surface area contributed by atoms with Crippen LogP contribution < -0.4 is 5.32 Å². The highest BCUT2D eigenvalue weighted by atomic mass is 16.5. The molecule has 0 spiro atoms. The Bertz CT molecular complexity index is 342. The molecule has 1 aliphatic carbocycles. The molecule has 1 saturated heterocycles. The highest BCUT2D eigenvalue weighted by Gasteiger charge is 2.47. The van der Waals surface area contributed by atoms with Crippen LogP contribution in [0.15, 0.2) is 0 Å². The van der Waals surface area contributed by atoms with Crippen LogP contribution in [0, 0.1) is 5.92 Å². The summed E-state index contributed by atoms with van der Waals surface area (Å²) in [6.07, 6.45) is 3.72. The molecule has 2 aliphatic rings. The zero-order chi connectivity index (χ0) is 13.8. The van der Waals surface area contributed by atoms with Crippen LogP contribution in [0.4, 0.5) is 0 Å². The van der Waals surface area contributed by atoms with E-state index in [2.05, 4.69) is 12.2 Å². The summed E-state index contributed by atoms with van der Waals surface area (Å²) in [4.78, 5) is 26.3. The summed E-state index contributed by atoms with van der Waals surface area (Å²) >= 11 is 0. The second-order valence-electron chi connectivity index (χ2n) is 5.40. The van der Waals surface area contributed by atoms with Gasteiger partial charge < -0.3 is 15.0 Å². The molecule has 5 heteroatoms. The molecule has 19 heavy (non-hydrogen) atoms. The molecule has 2 amide bonds. The lowest BCUT2D eigenvalue weighted by molar-refractivity contribution is -0.151. The van der Waals surface area contributed by atoms with Crippen molar-refractivity contribution in [3.8, 4) is 0 Å². The Labute approximate surface area is 114 Å². The molecule has 2 unspecified atom stereocenters. The zero-order valence-electron chi connectivity index (χ0n) is 11.9. The fraction of sp³-hybridized carbons (Fsp3) is 0.857. The first-order valence-corrected chi connectivity index (χ1v) is 7.37. The lowest BCUT2D eigenvalue weighted by Crippen LogP contribution is -2.64. The fourth-order valence-electron chi connectivity index (χ4n) is 2.61. The molecule has 5 nitrogen and oxygen atoms in total. The van der Waals surface area contributed by atoms with Crippen LogP contribution in [0.25, 0.3) is 0 Å². The van der Waals surface area contributed by atoms with E-state index in [-0.39, 0.29) is 23.9 Å². The molecular weight excluding hydrogens is 244 g/mol. The lowest BCUT2D eigenvalue weighted by atomic mass is 10.0. The van der Waals surface area contributed by atoms with Gasteiger partial charge in [0, 0.05) is 13.2 Å². The molecule has 1 aliphatic heterocycles. The molecule has 0 aromatic carbocycles. The molecule has 0 aromatic heterocycles. The number of piperazine rings is 1. The molecule has 1 N–H and O–H groups in total. The van der Waals surface area contributed by atoms with Crippen LogP contribution in [0.3, 0.4) is 0 Å². The summed E-state index contributed by atoms with van der Waals surface area (Å²) in [7, 11) is 0. The Morgan fingerprint density at radius 2 is 2.00 bits per heavy atom. The minimum atomic E-state index is -0.353. The summed E-state index contributed by atoms with van der Waals surface area (Å²) in [6, 6.07) is -0.616. The number of rotatable bonds is 7. The monoisotopic (exact) mass is 268 g/mol. The third kappa shape index (κ3) is 3.26. The maximum atomic E-state index is 12.4. The van der Waals surface area contributed by atoms with Crippen molar-refractivity contribution >= 4 is 11.8 Å². The topological polar surface area (TPSA) is 58.6 Å². The first kappa shape index (κ1) is 14.3. The maximum absolute atomic E-state index is 12.4. The van der Waals surface area contributed by atoms with E-state index >= 15 is 0 Å². The van der Waals surface area contributed by atoms with Gasteiger partial charge >= 0.3 is 0 Å². The van der Waals surface area contributed by atoms with Crippen LogP contribution >= 0.6 is 0 Å². The zero-order valence-corrected chi connectivity index (χ0v) is 11.9. The van der Waals surface area contributed by atoms with E-state index in [1.807, 2.05) is 6.92 Å². The number of ether oxygens (including phenoxy) is 1. The van der Waals surface area contributed by atoms with E-state index in [1.54, 1.807) is 4.90 Å². The van der Waals surface area contributed by atoms with Gasteiger partial charge in [-0.25, -0.2) is 0 Å². The summed E-state index contributed by atoms with van der Waals surface area (Å²) in [5, 5.41) is 2.85. The highest BCUT2D eigenvalue weighted by molar-refractivity contribution is 5.97. The number of carbonyl (C=O) groups excluding carboxylic acids is 2. The van der Waals surface area contributed by atoms with Crippen LogP contribution in [0.2, 0.25) is 0 Å². The van der Waals surface area contributed by atoms with E-state index in [1.165, 1.54) is 0 Å². The molecular formula is C14H24N2O3. The minimum Gasteiger partial charge on any atom is -0.380 e. The SMILES string of the molecule is CCCOCCN1C(=O)C(CC)NC(=O)C1C1CC1. The number of hydrogen-bond acceptors (Lipinski definition) is 3. The average molecular weight is 268 g/mol. The number of hydrogen-bond donors (Lipinski definition) is 1. The van der Waals surface area contributed by atoms with Gasteiger partial charge in [-0.1, -0.05) is 13.8 Å². The molecule has 2 rings (SSSR count). The molecule has 2 atom stereocenters. The number of nitrogens with zero attached hydrogens (tertiary/aromatic N) is 1. The Balaban J connectivity index is 1.99. The molecule has 0 radical (unpaired) electrons. The quantitative estimate of drug-likeness (QED) is 0.699. The van der Waals surface area contributed by atoms with Crippen LogP contribution in [0.5, 0.6) is 0 Å². The van der Waals surface area contributed by atoms with Crippen molar-refractivity contribution in [1.82, 2.24) is 10.2 Å². The van der Waals surface area contributed by atoms with Gasteiger partial charge in [-0.2, -0.15) is 0 Å². The van der Waals surface area contributed by atoms with Gasteiger partial charge in [0.1, 0.15) is 12.1 Å². The van der Waals surface area contributed by atoms with Crippen LogP contribution in [0.1, 0.15) is 39.5 Å². The van der Waals surface area contributed by atoms with Gasteiger partial charge in [-0.3, -0.25) is 9.59 Å². The van der Waals surface area contributed by atoms with E-state index in [4.69, 9.17) is 4.74 Å². The van der Waals surface area contributed by atoms with E-state index in [0.29, 0.717) is 32.1 Å². The van der Waals surface area contributed by atoms with Gasteiger partial charge in [0.25, 0.3) is 0 Å². The summed E-state index contributed by atoms with van der Waals surface area (Å²) < 4.78 is 5.46. The standard InChI is InChI=1S/C14H24N2O3/c1-3-8-19-9-7-16-12(10-5-6-10)13(17)15-11(4-2)14(16)18/h10-12H,3-9H2,1-2H3,(H,15,17). The third-order valence-electron chi connectivity index (χ3n) is 3.80. The van der Waals surface area contributed by atoms with Crippen molar-refractivity contribution < 1.29 is 14.3 Å². The van der Waals surface area contributed by atoms with Gasteiger partial charge in [-0.15, -0.1) is 0 Å². The van der Waals surface area contributed by atoms with E-state index < -0.39 is 0 Å². The fourth-order valence-corrected chi connectivity index (χ4v) is 2.61. The Kier molecular flexibility index (Phi) is 4.80. The predicted molar refractivity (Wildman–Crippen MR) is 71.6 cm³/mol. The smallest absolute Gasteiger partial charge is 0.245 e. The number of carbonyl (C=O) groups is 2. The summed E-state index contributed by atoms with van der Waals surface area (Å²) in [5.74, 6) is 0.427. The van der Waals surface area contributed by atoms with Crippen molar-refractivity contribution in [2.24, 2.45) is 5.92 Å². The molecule has 1 saturated carbocycles. The van der Waals surface area contributed by atoms with E-state index in [0.717, 1.165) is 19.3 Å². The van der Waals surface area contributed by atoms with Crippen LogP contribution in [-0.2, 0) is 14.3 Å². The van der Waals surface area contributed by atoms with Crippen molar-refractivity contribution in [3.63, 3.8) is 0 Å².